The number of nitro groups is 2. The first-order chi connectivity index (χ1) is 23.7. The maximum absolute atomic E-state index is 11.9. The van der Waals surface area contributed by atoms with Crippen molar-refractivity contribution in [3.63, 3.8) is 0 Å². The largest absolute Gasteiger partial charge is 1.00 e. The smallest absolute Gasteiger partial charge is 0.875 e. The van der Waals surface area contributed by atoms with Crippen molar-refractivity contribution in [1.29, 1.82) is 0 Å². The number of hydrogen-bond donors (Lipinski definition) is 0. The molecule has 2 unspecified atom stereocenters. The molecular weight excluding hydrogens is 723 g/mol. The zero-order valence-corrected chi connectivity index (χ0v) is 32.1. The fraction of sp³-hybridized carbons (Fsp3) is 0.387. The summed E-state index contributed by atoms with van der Waals surface area (Å²) in [7, 11) is 2.59. The number of rotatable bonds is 13. The van der Waals surface area contributed by atoms with Crippen LogP contribution >= 0.6 is 23.5 Å². The van der Waals surface area contributed by atoms with Gasteiger partial charge >= 0.3 is 47.6 Å². The summed E-state index contributed by atoms with van der Waals surface area (Å²) in [6, 6.07) is 5.94. The predicted molar refractivity (Wildman–Crippen MR) is 176 cm³/mol. The van der Waals surface area contributed by atoms with Crippen molar-refractivity contribution in [3.05, 3.63) is 80.9 Å². The number of hydrogen-bond acceptors (Lipinski definition) is 17. The predicted octanol–water partition coefficient (Wildman–Crippen LogP) is 0.702. The number of carbonyl (C=O) groups is 4. The van der Waals surface area contributed by atoms with Crippen molar-refractivity contribution < 1.29 is 82.8 Å². The molecule has 3 rings (SSSR count). The summed E-state index contributed by atoms with van der Waals surface area (Å²) in [5.41, 5.74) is -0.102. The van der Waals surface area contributed by atoms with E-state index in [4.69, 9.17) is 9.59 Å². The number of methoxy groups -OCH3 is 2. The summed E-state index contributed by atoms with van der Waals surface area (Å²) >= 11 is 2.84. The van der Waals surface area contributed by atoms with Gasteiger partial charge in [0.1, 0.15) is 12.4 Å². The molecule has 2 aromatic rings. The second kappa shape index (κ2) is 28.4. The van der Waals surface area contributed by atoms with Gasteiger partial charge in [-0.1, -0.05) is 13.0 Å². The van der Waals surface area contributed by atoms with Crippen molar-refractivity contribution in [2.75, 3.05) is 25.7 Å². The minimum absolute atomic E-state index is 0. The molecule has 0 saturated carbocycles. The normalized spacial score (nSPS) is 14.2. The van der Waals surface area contributed by atoms with Crippen molar-refractivity contribution in [2.24, 2.45) is 11.8 Å². The van der Waals surface area contributed by atoms with Crippen molar-refractivity contribution in [1.82, 2.24) is 9.97 Å². The maximum atomic E-state index is 11.9. The van der Waals surface area contributed by atoms with E-state index in [1.165, 1.54) is 81.3 Å². The molecule has 0 N–H and O–H groups in total. The Balaban J connectivity index is 0. The first-order valence-corrected chi connectivity index (χ1v) is 16.4. The van der Waals surface area contributed by atoms with E-state index in [0.29, 0.717) is 23.6 Å². The van der Waals surface area contributed by atoms with Crippen LogP contribution in [0, 0.1) is 32.1 Å². The Morgan fingerprint density at radius 1 is 0.961 bits per heavy atom. The van der Waals surface area contributed by atoms with E-state index >= 15 is 0 Å². The third kappa shape index (κ3) is 21.5. The van der Waals surface area contributed by atoms with Crippen molar-refractivity contribution in [3.8, 4) is 0 Å². The van der Waals surface area contributed by atoms with Gasteiger partial charge in [0.2, 0.25) is 0 Å². The number of esters is 2. The maximum Gasteiger partial charge on any atom is 1.00 e. The summed E-state index contributed by atoms with van der Waals surface area (Å²) in [5, 5.41) is 34.2. The van der Waals surface area contributed by atoms with Crippen LogP contribution < -0.4 is 34.7 Å². The van der Waals surface area contributed by atoms with Crippen LogP contribution in [0.5, 0.6) is 0 Å². The summed E-state index contributed by atoms with van der Waals surface area (Å²) in [6.45, 7) is 3.26. The third-order valence-electron chi connectivity index (χ3n) is 6.00. The van der Waals surface area contributed by atoms with Crippen LogP contribution in [-0.4, -0.2) is 75.2 Å². The van der Waals surface area contributed by atoms with Gasteiger partial charge in [0, 0.05) is 30.7 Å². The molecule has 17 nitrogen and oxygen atoms in total. The van der Waals surface area contributed by atoms with Gasteiger partial charge in [-0.3, -0.25) is 39.4 Å². The average Bonchev–Trinajstić information content (AvgIpc) is 3.08. The van der Waals surface area contributed by atoms with Gasteiger partial charge in [0.05, 0.1) is 40.0 Å². The molecule has 0 amide bonds. The van der Waals surface area contributed by atoms with Crippen molar-refractivity contribution >= 4 is 64.6 Å². The summed E-state index contributed by atoms with van der Waals surface area (Å²) in [4.78, 5) is 88.0. The number of ether oxygens (including phenoxy) is 2. The Morgan fingerprint density at radius 2 is 1.47 bits per heavy atom. The summed E-state index contributed by atoms with van der Waals surface area (Å²) in [6.07, 6.45) is 8.78. The van der Waals surface area contributed by atoms with Crippen LogP contribution in [-0.2, 0) is 38.2 Å². The van der Waals surface area contributed by atoms with Gasteiger partial charge < -0.3 is 14.6 Å². The van der Waals surface area contributed by atoms with E-state index in [1.807, 2.05) is 0 Å². The summed E-state index contributed by atoms with van der Waals surface area (Å²) in [5.74, 6) is -1.61. The number of thioether (sulfide) groups is 2. The SMILES string of the molecule is CC(=O)/C=C/CCSc1ccc([N+](=O)[O-])cn1.CCC(=O)OC.COC(=O)C1C([O-])=CC(=O)CC1CCSc1ccc([N+](=O)[O-])cn1.O=C=O.[Na+]. The number of pyridine rings is 2. The Morgan fingerprint density at radius 3 is 1.84 bits per heavy atom. The van der Waals surface area contributed by atoms with Crippen LogP contribution in [0.4, 0.5) is 11.4 Å². The van der Waals surface area contributed by atoms with Gasteiger partial charge in [0.15, 0.2) is 11.6 Å². The quantitative estimate of drug-likeness (QED) is 0.0518. The van der Waals surface area contributed by atoms with E-state index in [2.05, 4.69) is 19.4 Å². The van der Waals surface area contributed by atoms with Gasteiger partial charge in [-0.05, 0) is 55.7 Å². The van der Waals surface area contributed by atoms with E-state index in [1.54, 1.807) is 19.1 Å². The number of ketones is 2. The van der Waals surface area contributed by atoms with Crippen LogP contribution in [0.25, 0.3) is 0 Å². The Labute approximate surface area is 323 Å². The fourth-order valence-corrected chi connectivity index (χ4v) is 5.37. The molecule has 20 heteroatoms. The van der Waals surface area contributed by atoms with Gasteiger partial charge in [-0.2, -0.15) is 9.59 Å². The molecule has 0 aromatic carbocycles. The number of nitrogens with zero attached hydrogens (tertiary/aromatic N) is 4. The zero-order chi connectivity index (χ0) is 38.1. The monoisotopic (exact) mass is 758 g/mol. The van der Waals surface area contributed by atoms with E-state index in [0.717, 1.165) is 23.3 Å². The van der Waals surface area contributed by atoms with Gasteiger partial charge in [-0.25, -0.2) is 9.97 Å². The average molecular weight is 759 g/mol. The fourth-order valence-electron chi connectivity index (χ4n) is 3.69. The molecule has 2 atom stereocenters. The van der Waals surface area contributed by atoms with E-state index < -0.39 is 33.4 Å². The van der Waals surface area contributed by atoms with Crippen LogP contribution in [0.15, 0.2) is 70.7 Å². The molecule has 270 valence electrons. The molecule has 1 aliphatic carbocycles. The zero-order valence-electron chi connectivity index (χ0n) is 28.5. The van der Waals surface area contributed by atoms with Crippen LogP contribution in [0.1, 0.15) is 39.5 Å². The Hall–Kier alpha value is -4.26. The molecule has 0 saturated heterocycles. The Kier molecular flexibility index (Phi) is 27.2. The minimum atomic E-state index is -0.946. The number of carbonyl (C=O) groups excluding carboxylic acids is 6. The molecule has 0 bridgehead atoms. The number of aromatic nitrogens is 2. The molecule has 1 aliphatic rings. The topological polar surface area (TPSA) is 256 Å². The van der Waals surface area contributed by atoms with Crippen LogP contribution in [0.2, 0.25) is 0 Å². The third-order valence-corrected chi connectivity index (χ3v) is 7.96. The van der Waals surface area contributed by atoms with Crippen LogP contribution in [0.3, 0.4) is 0 Å². The number of allylic oxidation sites excluding steroid dienone is 3. The second-order valence-electron chi connectivity index (χ2n) is 9.50. The van der Waals surface area contributed by atoms with E-state index in [-0.39, 0.29) is 71.0 Å². The standard InChI is InChI=1S/C15H16N2O6S.C11H12N2O3S.C4H8O2.CO2.Na/c1-23-15(20)14-9(6-11(18)7-12(14)19)4-5-24-13-3-2-10(8-16-13)17(21)22;1-9(14)4-2-3-7-17-11-6-5-10(8-12-11)13(15)16;1-3-4(5)6-2;2-1-3;/h2-3,7-9,14,19H,4-6H2,1H3;2,4-6,8H,3,7H2,1H3;3H2,1-2H3;;/q;;;;+1/p-1/b;4-2+;;;. The van der Waals surface area contributed by atoms with E-state index in [9.17, 15) is 44.5 Å². The first-order valence-electron chi connectivity index (χ1n) is 14.4. The molecule has 51 heavy (non-hydrogen) atoms. The second-order valence-corrected chi connectivity index (χ2v) is 11.7. The molecule has 2 aromatic heterocycles. The summed E-state index contributed by atoms with van der Waals surface area (Å²) < 4.78 is 8.91. The molecular formula is C31H35N4NaO13S2. The molecule has 0 aliphatic heterocycles. The minimum Gasteiger partial charge on any atom is -0.875 e. The molecule has 0 fully saturated rings. The molecule has 0 spiro atoms. The van der Waals surface area contributed by atoms with Gasteiger partial charge in [0.25, 0.3) is 11.4 Å². The molecule has 0 radical (unpaired) electrons. The first kappa shape index (κ1) is 48.9. The van der Waals surface area contributed by atoms with Gasteiger partial charge in [-0.15, -0.1) is 29.3 Å². The molecule has 2 heterocycles. The Bertz CT molecular complexity index is 1530. The van der Waals surface area contributed by atoms with Crippen molar-refractivity contribution in [2.45, 2.75) is 49.6 Å².